The maximum atomic E-state index is 12.6. The first kappa shape index (κ1) is 17.1. The molecule has 1 aromatic rings. The highest BCUT2D eigenvalue weighted by molar-refractivity contribution is 5.94. The van der Waals surface area contributed by atoms with Crippen LogP contribution in [0.1, 0.15) is 43.0 Å². The quantitative estimate of drug-likeness (QED) is 0.929. The number of carbonyl (C=O) groups excluding carboxylic acids is 1. The Morgan fingerprint density at radius 3 is 2.82 bits per heavy atom. The Morgan fingerprint density at radius 2 is 2.09 bits per heavy atom. The number of halogens is 1. The Labute approximate surface area is 138 Å². The molecule has 122 valence electrons. The van der Waals surface area contributed by atoms with Crippen LogP contribution >= 0.6 is 12.4 Å². The van der Waals surface area contributed by atoms with Gasteiger partial charge in [0.2, 0.25) is 0 Å². The van der Waals surface area contributed by atoms with Crippen LogP contribution in [0, 0.1) is 0 Å². The van der Waals surface area contributed by atoms with Crippen molar-refractivity contribution in [2.75, 3.05) is 19.6 Å². The zero-order chi connectivity index (χ0) is 14.7. The summed E-state index contributed by atoms with van der Waals surface area (Å²) in [4.78, 5) is 14.6. The lowest BCUT2D eigenvalue weighted by Crippen LogP contribution is -2.52. The molecule has 0 aromatic heterocycles. The molecule has 5 heteroatoms. The third kappa shape index (κ3) is 3.93. The van der Waals surface area contributed by atoms with E-state index in [0.717, 1.165) is 43.8 Å². The number of benzene rings is 1. The minimum Gasteiger partial charge on any atom is -0.490 e. The van der Waals surface area contributed by atoms with Crippen molar-refractivity contribution < 1.29 is 9.53 Å². The number of hydrogen-bond donors (Lipinski definition) is 1. The Balaban J connectivity index is 0.00000176. The summed E-state index contributed by atoms with van der Waals surface area (Å²) in [6, 6.07) is 7.90. The predicted molar refractivity (Wildman–Crippen MR) is 89.9 cm³/mol. The Kier molecular flexibility index (Phi) is 6.09. The van der Waals surface area contributed by atoms with Crippen molar-refractivity contribution in [1.82, 2.24) is 10.2 Å². The third-order valence-corrected chi connectivity index (χ3v) is 4.45. The van der Waals surface area contributed by atoms with Crippen LogP contribution in [0.5, 0.6) is 5.75 Å². The van der Waals surface area contributed by atoms with Gasteiger partial charge in [-0.1, -0.05) is 6.07 Å². The third-order valence-electron chi connectivity index (χ3n) is 4.45. The van der Waals surface area contributed by atoms with Gasteiger partial charge >= 0.3 is 0 Å². The first-order valence-electron chi connectivity index (χ1n) is 8.02. The zero-order valence-electron chi connectivity index (χ0n) is 13.1. The monoisotopic (exact) mass is 324 g/mol. The molecule has 1 N–H and O–H groups in total. The second-order valence-electron chi connectivity index (χ2n) is 6.10. The fourth-order valence-corrected chi connectivity index (χ4v) is 3.21. The standard InChI is InChI=1S/C17H24N2O2.ClH/c1-13-12-18-9-10-19(13)17(20)14-5-4-8-16(11-14)21-15-6-2-3-7-15;/h4-5,8,11,13,15,18H,2-3,6-7,9-10,12H2,1H3;1H. The van der Waals surface area contributed by atoms with Gasteiger partial charge in [0.15, 0.2) is 0 Å². The predicted octanol–water partition coefficient (Wildman–Crippen LogP) is 2.86. The van der Waals surface area contributed by atoms with E-state index < -0.39 is 0 Å². The molecule has 1 unspecified atom stereocenters. The molecule has 0 radical (unpaired) electrons. The highest BCUT2D eigenvalue weighted by atomic mass is 35.5. The van der Waals surface area contributed by atoms with Gasteiger partial charge in [0.25, 0.3) is 5.91 Å². The van der Waals surface area contributed by atoms with Crippen LogP contribution in [0.2, 0.25) is 0 Å². The Hall–Kier alpha value is -1.26. The molecular weight excluding hydrogens is 300 g/mol. The molecule has 1 aliphatic carbocycles. The number of piperazine rings is 1. The van der Waals surface area contributed by atoms with E-state index in [1.165, 1.54) is 12.8 Å². The Morgan fingerprint density at radius 1 is 1.32 bits per heavy atom. The van der Waals surface area contributed by atoms with Crippen LogP contribution in [0.15, 0.2) is 24.3 Å². The topological polar surface area (TPSA) is 41.6 Å². The summed E-state index contributed by atoms with van der Waals surface area (Å²) in [5.41, 5.74) is 0.735. The summed E-state index contributed by atoms with van der Waals surface area (Å²) < 4.78 is 6.00. The minimum atomic E-state index is 0. The number of nitrogens with zero attached hydrogens (tertiary/aromatic N) is 1. The van der Waals surface area contributed by atoms with E-state index in [0.29, 0.717) is 6.10 Å². The van der Waals surface area contributed by atoms with Crippen molar-refractivity contribution in [3.05, 3.63) is 29.8 Å². The molecule has 1 amide bonds. The van der Waals surface area contributed by atoms with Crippen molar-refractivity contribution in [2.24, 2.45) is 0 Å². The maximum absolute atomic E-state index is 12.6. The first-order valence-corrected chi connectivity index (χ1v) is 8.02. The average molecular weight is 325 g/mol. The van der Waals surface area contributed by atoms with Crippen LogP contribution in [0.3, 0.4) is 0 Å². The van der Waals surface area contributed by atoms with Gasteiger partial charge in [-0.15, -0.1) is 12.4 Å². The largest absolute Gasteiger partial charge is 0.490 e. The second-order valence-corrected chi connectivity index (χ2v) is 6.10. The molecule has 3 rings (SSSR count). The first-order chi connectivity index (χ1) is 10.2. The lowest BCUT2D eigenvalue weighted by Gasteiger charge is -2.34. The van der Waals surface area contributed by atoms with Gasteiger partial charge < -0.3 is 15.0 Å². The van der Waals surface area contributed by atoms with Gasteiger partial charge in [0, 0.05) is 31.2 Å². The molecule has 1 saturated heterocycles. The van der Waals surface area contributed by atoms with Gasteiger partial charge in [-0.05, 0) is 50.8 Å². The van der Waals surface area contributed by atoms with E-state index in [1.807, 2.05) is 29.2 Å². The fraction of sp³-hybridized carbons (Fsp3) is 0.588. The van der Waals surface area contributed by atoms with Crippen molar-refractivity contribution >= 4 is 18.3 Å². The maximum Gasteiger partial charge on any atom is 0.254 e. The van der Waals surface area contributed by atoms with Gasteiger partial charge in [-0.3, -0.25) is 4.79 Å². The van der Waals surface area contributed by atoms with Crippen LogP contribution in [-0.4, -0.2) is 42.6 Å². The summed E-state index contributed by atoms with van der Waals surface area (Å²) in [6.07, 6.45) is 5.09. The van der Waals surface area contributed by atoms with Crippen molar-refractivity contribution in [3.8, 4) is 5.75 Å². The molecule has 1 aromatic carbocycles. The summed E-state index contributed by atoms with van der Waals surface area (Å²) in [5, 5.41) is 3.31. The molecule has 22 heavy (non-hydrogen) atoms. The Bertz CT molecular complexity index is 503. The molecular formula is C17H25ClN2O2. The molecule has 2 fully saturated rings. The second kappa shape index (κ2) is 7.84. The van der Waals surface area contributed by atoms with Crippen molar-refractivity contribution in [3.63, 3.8) is 0 Å². The summed E-state index contributed by atoms with van der Waals surface area (Å²) >= 11 is 0. The summed E-state index contributed by atoms with van der Waals surface area (Å²) in [5.74, 6) is 0.941. The molecule has 4 nitrogen and oxygen atoms in total. The number of rotatable bonds is 3. The summed E-state index contributed by atoms with van der Waals surface area (Å²) in [7, 11) is 0. The molecule has 1 atom stereocenters. The lowest BCUT2D eigenvalue weighted by molar-refractivity contribution is 0.0655. The molecule has 1 aliphatic heterocycles. The van der Waals surface area contributed by atoms with E-state index in [9.17, 15) is 4.79 Å². The molecule has 1 heterocycles. The highest BCUT2D eigenvalue weighted by Gasteiger charge is 2.24. The number of hydrogen-bond acceptors (Lipinski definition) is 3. The fourth-order valence-electron chi connectivity index (χ4n) is 3.21. The van der Waals surface area contributed by atoms with Crippen LogP contribution in [0.25, 0.3) is 0 Å². The number of ether oxygens (including phenoxy) is 1. The van der Waals surface area contributed by atoms with E-state index in [2.05, 4.69) is 12.2 Å². The van der Waals surface area contributed by atoms with Crippen molar-refractivity contribution in [1.29, 1.82) is 0 Å². The smallest absolute Gasteiger partial charge is 0.254 e. The van der Waals surface area contributed by atoms with Gasteiger partial charge in [0.1, 0.15) is 5.75 Å². The van der Waals surface area contributed by atoms with Gasteiger partial charge in [-0.2, -0.15) is 0 Å². The van der Waals surface area contributed by atoms with Gasteiger partial charge in [0.05, 0.1) is 6.10 Å². The van der Waals surface area contributed by atoms with Crippen LogP contribution < -0.4 is 10.1 Å². The SMILES string of the molecule is CC1CNCCN1C(=O)c1cccc(OC2CCCC2)c1.Cl. The van der Waals surface area contributed by atoms with Gasteiger partial charge in [-0.25, -0.2) is 0 Å². The number of nitrogens with one attached hydrogen (secondary N) is 1. The van der Waals surface area contributed by atoms with E-state index in [4.69, 9.17) is 4.74 Å². The number of carbonyl (C=O) groups is 1. The van der Waals surface area contributed by atoms with Crippen LogP contribution in [0.4, 0.5) is 0 Å². The minimum absolute atomic E-state index is 0. The molecule has 1 saturated carbocycles. The number of amides is 1. The molecule has 0 bridgehead atoms. The zero-order valence-corrected chi connectivity index (χ0v) is 13.9. The van der Waals surface area contributed by atoms with E-state index in [1.54, 1.807) is 0 Å². The average Bonchev–Trinajstić information content (AvgIpc) is 3.00. The highest BCUT2D eigenvalue weighted by Crippen LogP contribution is 2.25. The molecule has 0 spiro atoms. The summed E-state index contributed by atoms with van der Waals surface area (Å²) in [6.45, 7) is 4.59. The molecule has 2 aliphatic rings. The van der Waals surface area contributed by atoms with E-state index in [-0.39, 0.29) is 24.4 Å². The lowest BCUT2D eigenvalue weighted by atomic mass is 10.1. The van der Waals surface area contributed by atoms with E-state index >= 15 is 0 Å². The normalized spacial score (nSPS) is 22.2. The van der Waals surface area contributed by atoms with Crippen LogP contribution in [-0.2, 0) is 0 Å². The van der Waals surface area contributed by atoms with Crippen molar-refractivity contribution in [2.45, 2.75) is 44.8 Å².